The molecule has 1 fully saturated rings. The SMILES string of the molecule is CN1NCCC1OS(=O)(=O)C(F)(F)F. The summed E-state index contributed by atoms with van der Waals surface area (Å²) in [5.41, 5.74) is -2.74. The Labute approximate surface area is 78.9 Å². The topological polar surface area (TPSA) is 58.6 Å². The summed E-state index contributed by atoms with van der Waals surface area (Å²) in [5, 5.41) is 1.18. The maximum absolute atomic E-state index is 11.9. The van der Waals surface area contributed by atoms with E-state index in [1.165, 1.54) is 12.1 Å². The molecule has 0 aliphatic carbocycles. The molecule has 1 atom stereocenters. The summed E-state index contributed by atoms with van der Waals surface area (Å²) in [7, 11) is -4.09. The number of hydrogen-bond donors (Lipinski definition) is 1. The van der Waals surface area contributed by atoms with Gasteiger partial charge in [-0.15, -0.1) is 0 Å². The van der Waals surface area contributed by atoms with Gasteiger partial charge in [-0.25, -0.2) is 9.19 Å². The van der Waals surface area contributed by atoms with Crippen LogP contribution in [0.15, 0.2) is 0 Å². The fraction of sp³-hybridized carbons (Fsp3) is 1.00. The Morgan fingerprint density at radius 1 is 1.50 bits per heavy atom. The second-order valence-corrected chi connectivity index (χ2v) is 4.32. The molecular formula is C5H9F3N2O3S. The van der Waals surface area contributed by atoms with Crippen LogP contribution in [0.4, 0.5) is 13.2 Å². The van der Waals surface area contributed by atoms with E-state index in [4.69, 9.17) is 0 Å². The first-order valence-electron chi connectivity index (χ1n) is 3.70. The third-order valence-electron chi connectivity index (χ3n) is 1.71. The molecule has 1 unspecified atom stereocenters. The van der Waals surface area contributed by atoms with Gasteiger partial charge in [0.25, 0.3) is 0 Å². The summed E-state index contributed by atoms with van der Waals surface area (Å²) in [5.74, 6) is 0. The molecule has 1 rings (SSSR count). The minimum Gasteiger partial charge on any atom is -0.253 e. The molecule has 84 valence electrons. The zero-order valence-corrected chi connectivity index (χ0v) is 8.02. The number of hydrogen-bond acceptors (Lipinski definition) is 5. The molecule has 0 radical (unpaired) electrons. The lowest BCUT2D eigenvalue weighted by Crippen LogP contribution is -2.39. The van der Waals surface area contributed by atoms with Crippen LogP contribution in [0.3, 0.4) is 0 Å². The van der Waals surface area contributed by atoms with Gasteiger partial charge in [0.15, 0.2) is 0 Å². The highest BCUT2D eigenvalue weighted by atomic mass is 32.2. The average molecular weight is 234 g/mol. The number of nitrogens with zero attached hydrogens (tertiary/aromatic N) is 1. The van der Waals surface area contributed by atoms with E-state index in [-0.39, 0.29) is 6.42 Å². The van der Waals surface area contributed by atoms with Crippen LogP contribution in [-0.2, 0) is 14.3 Å². The van der Waals surface area contributed by atoms with Gasteiger partial charge < -0.3 is 0 Å². The fourth-order valence-corrected chi connectivity index (χ4v) is 1.60. The van der Waals surface area contributed by atoms with Crippen LogP contribution >= 0.6 is 0 Å². The maximum atomic E-state index is 11.9. The number of halogens is 3. The molecule has 0 bridgehead atoms. The third-order valence-corrected chi connectivity index (χ3v) is 2.75. The van der Waals surface area contributed by atoms with E-state index in [2.05, 4.69) is 9.61 Å². The van der Waals surface area contributed by atoms with Crippen molar-refractivity contribution in [3.8, 4) is 0 Å². The van der Waals surface area contributed by atoms with Crippen LogP contribution in [0.1, 0.15) is 6.42 Å². The number of alkyl halides is 3. The minimum absolute atomic E-state index is 0.186. The zero-order chi connectivity index (χ0) is 11.0. The van der Waals surface area contributed by atoms with Crippen molar-refractivity contribution in [2.45, 2.75) is 18.2 Å². The van der Waals surface area contributed by atoms with Crippen LogP contribution in [0.5, 0.6) is 0 Å². The standard InChI is InChI=1S/C5H9F3N2O3S/c1-10-4(2-3-9-10)13-14(11,12)5(6,7)8/h4,9H,2-3H2,1H3. The maximum Gasteiger partial charge on any atom is 0.523 e. The van der Waals surface area contributed by atoms with Crippen LogP contribution < -0.4 is 5.43 Å². The lowest BCUT2D eigenvalue weighted by atomic mass is 10.4. The molecule has 0 aromatic rings. The van der Waals surface area contributed by atoms with E-state index in [0.29, 0.717) is 6.54 Å². The summed E-state index contributed by atoms with van der Waals surface area (Å²) in [6.07, 6.45) is -0.909. The van der Waals surface area contributed by atoms with Gasteiger partial charge in [0.2, 0.25) is 0 Å². The Morgan fingerprint density at radius 3 is 2.43 bits per heavy atom. The lowest BCUT2D eigenvalue weighted by Gasteiger charge is -2.19. The van der Waals surface area contributed by atoms with Gasteiger partial charge in [-0.1, -0.05) is 0 Å². The molecule has 0 aromatic carbocycles. The summed E-state index contributed by atoms with van der Waals surface area (Å²) < 4.78 is 60.7. The van der Waals surface area contributed by atoms with Crippen LogP contribution in [0, 0.1) is 0 Å². The molecule has 1 saturated heterocycles. The van der Waals surface area contributed by atoms with E-state index >= 15 is 0 Å². The Hall–Kier alpha value is -0.380. The van der Waals surface area contributed by atoms with E-state index in [9.17, 15) is 21.6 Å². The molecule has 0 aromatic heterocycles. The summed E-state index contributed by atoms with van der Waals surface area (Å²) in [4.78, 5) is 0. The molecule has 5 nitrogen and oxygen atoms in total. The van der Waals surface area contributed by atoms with Crippen molar-refractivity contribution in [1.82, 2.24) is 10.4 Å². The van der Waals surface area contributed by atoms with Crippen LogP contribution in [-0.4, -0.2) is 38.8 Å². The molecule has 1 aliphatic rings. The molecule has 0 spiro atoms. The quantitative estimate of drug-likeness (QED) is 0.539. The molecule has 1 aliphatic heterocycles. The van der Waals surface area contributed by atoms with Gasteiger partial charge in [-0.3, -0.25) is 5.43 Å². The lowest BCUT2D eigenvalue weighted by molar-refractivity contribution is -0.0643. The summed E-state index contributed by atoms with van der Waals surface area (Å²) >= 11 is 0. The van der Waals surface area contributed by atoms with E-state index in [1.54, 1.807) is 0 Å². The van der Waals surface area contributed by atoms with Gasteiger partial charge in [-0.05, 0) is 0 Å². The van der Waals surface area contributed by atoms with Crippen molar-refractivity contribution in [3.05, 3.63) is 0 Å². The molecule has 0 amide bonds. The first-order chi connectivity index (χ1) is 6.24. The predicted octanol–water partition coefficient (Wildman–Crippen LogP) is 0.0188. The third kappa shape index (κ3) is 2.35. The van der Waals surface area contributed by atoms with Crippen molar-refractivity contribution in [1.29, 1.82) is 0 Å². The monoisotopic (exact) mass is 234 g/mol. The highest BCUT2D eigenvalue weighted by molar-refractivity contribution is 7.87. The van der Waals surface area contributed by atoms with Crippen molar-refractivity contribution in [2.24, 2.45) is 0 Å². The van der Waals surface area contributed by atoms with Crippen molar-refractivity contribution >= 4 is 10.1 Å². The molecule has 0 saturated carbocycles. The van der Waals surface area contributed by atoms with Gasteiger partial charge in [0.05, 0.1) is 0 Å². The first-order valence-corrected chi connectivity index (χ1v) is 5.11. The predicted molar refractivity (Wildman–Crippen MR) is 40.2 cm³/mol. The highest BCUT2D eigenvalue weighted by Gasteiger charge is 2.49. The summed E-state index contributed by atoms with van der Waals surface area (Å²) in [6.45, 7) is 0.383. The molecule has 14 heavy (non-hydrogen) atoms. The van der Waals surface area contributed by atoms with Gasteiger partial charge in [0.1, 0.15) is 6.23 Å². The largest absolute Gasteiger partial charge is 0.523 e. The number of nitrogens with one attached hydrogen (secondary N) is 1. The average Bonchev–Trinajstić information content (AvgIpc) is 2.33. The Balaban J connectivity index is 2.69. The molecule has 1 heterocycles. The number of hydrazine groups is 1. The van der Waals surface area contributed by atoms with Crippen molar-refractivity contribution in [3.63, 3.8) is 0 Å². The van der Waals surface area contributed by atoms with E-state index < -0.39 is 21.9 Å². The van der Waals surface area contributed by atoms with E-state index in [1.807, 2.05) is 0 Å². The Kier molecular flexibility index (Phi) is 3.04. The molecular weight excluding hydrogens is 225 g/mol. The number of rotatable bonds is 2. The molecule has 9 heteroatoms. The molecule has 1 N–H and O–H groups in total. The Bertz CT molecular complexity index is 302. The van der Waals surface area contributed by atoms with Crippen molar-refractivity contribution in [2.75, 3.05) is 13.6 Å². The van der Waals surface area contributed by atoms with Crippen molar-refractivity contribution < 1.29 is 25.8 Å². The fourth-order valence-electron chi connectivity index (χ4n) is 0.973. The van der Waals surface area contributed by atoms with Gasteiger partial charge in [-0.2, -0.15) is 21.6 Å². The second kappa shape index (κ2) is 3.65. The van der Waals surface area contributed by atoms with Gasteiger partial charge >= 0.3 is 15.6 Å². The zero-order valence-electron chi connectivity index (χ0n) is 7.21. The van der Waals surface area contributed by atoms with E-state index in [0.717, 1.165) is 0 Å². The highest BCUT2D eigenvalue weighted by Crippen LogP contribution is 2.27. The van der Waals surface area contributed by atoms with Crippen LogP contribution in [0.2, 0.25) is 0 Å². The van der Waals surface area contributed by atoms with Gasteiger partial charge in [0, 0.05) is 20.0 Å². The second-order valence-electron chi connectivity index (χ2n) is 2.76. The summed E-state index contributed by atoms with van der Waals surface area (Å²) in [6, 6.07) is 0. The smallest absolute Gasteiger partial charge is 0.253 e. The minimum atomic E-state index is -5.50. The first kappa shape index (κ1) is 11.7. The normalized spacial score (nSPS) is 25.6. The van der Waals surface area contributed by atoms with Crippen LogP contribution in [0.25, 0.3) is 0 Å². The Morgan fingerprint density at radius 2 is 2.07 bits per heavy atom.